The van der Waals surface area contributed by atoms with Crippen LogP contribution in [0.15, 0.2) is 18.2 Å². The molecule has 1 aromatic rings. The fourth-order valence-corrected chi connectivity index (χ4v) is 1.86. The third-order valence-electron chi connectivity index (χ3n) is 2.55. The number of carbonyl (C=O) groups excluding carboxylic acids is 1. The van der Waals surface area contributed by atoms with E-state index < -0.39 is 0 Å². The quantitative estimate of drug-likeness (QED) is 0.770. The zero-order valence-electron chi connectivity index (χ0n) is 10.7. The first kappa shape index (κ1) is 14.8. The number of hydrogen-bond acceptors (Lipinski definition) is 2. The van der Waals surface area contributed by atoms with Crippen LogP contribution in [0.4, 0.5) is 10.5 Å². The topological polar surface area (TPSA) is 61.4 Å². The molecule has 0 radical (unpaired) electrons. The molecule has 5 heteroatoms. The number of urea groups is 1. The highest BCUT2D eigenvalue weighted by Gasteiger charge is 2.08. The van der Waals surface area contributed by atoms with E-state index in [2.05, 4.69) is 10.6 Å². The van der Waals surface area contributed by atoms with Gasteiger partial charge in [-0.2, -0.15) is 0 Å². The van der Waals surface area contributed by atoms with Crippen LogP contribution in [0.3, 0.4) is 0 Å². The second kappa shape index (κ2) is 7.24. The summed E-state index contributed by atoms with van der Waals surface area (Å²) in [5.41, 5.74) is 1.64. The molecule has 18 heavy (non-hydrogen) atoms. The lowest BCUT2D eigenvalue weighted by Crippen LogP contribution is -2.36. The Morgan fingerprint density at radius 1 is 1.50 bits per heavy atom. The monoisotopic (exact) mass is 270 g/mol. The molecule has 0 bridgehead atoms. The van der Waals surface area contributed by atoms with E-state index in [9.17, 15) is 4.79 Å². The second-order valence-corrected chi connectivity index (χ2v) is 4.76. The van der Waals surface area contributed by atoms with E-state index in [0.29, 0.717) is 17.1 Å². The molecule has 0 aliphatic carbocycles. The molecule has 0 saturated heterocycles. The van der Waals surface area contributed by atoms with Gasteiger partial charge in [0, 0.05) is 12.6 Å². The molecule has 3 N–H and O–H groups in total. The van der Waals surface area contributed by atoms with Crippen molar-refractivity contribution in [2.45, 2.75) is 32.7 Å². The number of anilines is 1. The highest BCUT2D eigenvalue weighted by molar-refractivity contribution is 6.33. The Morgan fingerprint density at radius 2 is 2.22 bits per heavy atom. The highest BCUT2D eigenvalue weighted by atomic mass is 35.5. The van der Waals surface area contributed by atoms with Gasteiger partial charge in [0.2, 0.25) is 0 Å². The van der Waals surface area contributed by atoms with Gasteiger partial charge in [-0.15, -0.1) is 0 Å². The number of benzene rings is 1. The highest BCUT2D eigenvalue weighted by Crippen LogP contribution is 2.22. The molecule has 0 heterocycles. The average Bonchev–Trinajstić information content (AvgIpc) is 2.30. The SMILES string of the molecule is Cc1ccc(NC(=O)NC(C)CCCO)c(Cl)c1. The lowest BCUT2D eigenvalue weighted by molar-refractivity contribution is 0.245. The minimum Gasteiger partial charge on any atom is -0.396 e. The summed E-state index contributed by atoms with van der Waals surface area (Å²) in [5, 5.41) is 14.7. The Morgan fingerprint density at radius 3 is 2.83 bits per heavy atom. The Kier molecular flexibility index (Phi) is 5.95. The lowest BCUT2D eigenvalue weighted by atomic mass is 10.2. The summed E-state index contributed by atoms with van der Waals surface area (Å²) in [6.45, 7) is 3.97. The fraction of sp³-hybridized carbons (Fsp3) is 0.462. The van der Waals surface area contributed by atoms with Crippen LogP contribution < -0.4 is 10.6 Å². The summed E-state index contributed by atoms with van der Waals surface area (Å²) in [4.78, 5) is 11.7. The van der Waals surface area contributed by atoms with Gasteiger partial charge in [-0.25, -0.2) is 4.79 Å². The number of rotatable bonds is 5. The summed E-state index contributed by atoms with van der Waals surface area (Å²) in [7, 11) is 0. The van der Waals surface area contributed by atoms with Crippen molar-refractivity contribution in [2.24, 2.45) is 0 Å². The van der Waals surface area contributed by atoms with Gasteiger partial charge in [-0.3, -0.25) is 0 Å². The summed E-state index contributed by atoms with van der Waals surface area (Å²) < 4.78 is 0. The van der Waals surface area contributed by atoms with Crippen LogP contribution in [0.25, 0.3) is 0 Å². The summed E-state index contributed by atoms with van der Waals surface area (Å²) in [5.74, 6) is 0. The van der Waals surface area contributed by atoms with Crippen molar-refractivity contribution in [1.82, 2.24) is 5.32 Å². The maximum absolute atomic E-state index is 11.7. The van der Waals surface area contributed by atoms with Crippen molar-refractivity contribution in [3.8, 4) is 0 Å². The van der Waals surface area contributed by atoms with E-state index in [4.69, 9.17) is 16.7 Å². The number of aryl methyl sites for hydroxylation is 1. The molecular weight excluding hydrogens is 252 g/mol. The van der Waals surface area contributed by atoms with E-state index in [1.165, 1.54) is 0 Å². The first-order valence-electron chi connectivity index (χ1n) is 5.97. The Hall–Kier alpha value is -1.26. The summed E-state index contributed by atoms with van der Waals surface area (Å²) in [6.07, 6.45) is 1.41. The first-order valence-corrected chi connectivity index (χ1v) is 6.35. The van der Waals surface area contributed by atoms with E-state index in [0.717, 1.165) is 12.0 Å². The molecular formula is C13H19ClN2O2. The molecule has 1 atom stereocenters. The van der Waals surface area contributed by atoms with Crippen LogP contribution in [0.2, 0.25) is 5.02 Å². The predicted octanol–water partition coefficient (Wildman–Crippen LogP) is 2.93. The van der Waals surface area contributed by atoms with Gasteiger partial charge >= 0.3 is 6.03 Å². The zero-order valence-corrected chi connectivity index (χ0v) is 11.4. The minimum atomic E-state index is -0.286. The molecule has 100 valence electrons. The molecule has 2 amide bonds. The number of nitrogens with one attached hydrogen (secondary N) is 2. The second-order valence-electron chi connectivity index (χ2n) is 4.35. The average molecular weight is 271 g/mol. The van der Waals surface area contributed by atoms with Gasteiger partial charge in [0.15, 0.2) is 0 Å². The molecule has 0 saturated carbocycles. The van der Waals surface area contributed by atoms with Crippen molar-refractivity contribution < 1.29 is 9.90 Å². The van der Waals surface area contributed by atoms with Crippen molar-refractivity contribution in [3.05, 3.63) is 28.8 Å². The van der Waals surface area contributed by atoms with Crippen molar-refractivity contribution in [3.63, 3.8) is 0 Å². The normalized spacial score (nSPS) is 12.0. The van der Waals surface area contributed by atoms with Crippen LogP contribution in [-0.2, 0) is 0 Å². The maximum atomic E-state index is 11.7. The van der Waals surface area contributed by atoms with E-state index in [1.807, 2.05) is 19.9 Å². The fourth-order valence-electron chi connectivity index (χ4n) is 1.57. The zero-order chi connectivity index (χ0) is 13.5. The van der Waals surface area contributed by atoms with Gasteiger partial charge in [-0.05, 0) is 44.4 Å². The van der Waals surface area contributed by atoms with E-state index in [1.54, 1.807) is 12.1 Å². The van der Waals surface area contributed by atoms with E-state index >= 15 is 0 Å². The Bertz CT molecular complexity index is 410. The van der Waals surface area contributed by atoms with Crippen LogP contribution in [0, 0.1) is 6.92 Å². The number of aliphatic hydroxyl groups excluding tert-OH is 1. The van der Waals surface area contributed by atoms with Crippen LogP contribution >= 0.6 is 11.6 Å². The molecule has 0 fully saturated rings. The van der Waals surface area contributed by atoms with Gasteiger partial charge in [0.1, 0.15) is 0 Å². The number of hydrogen-bond donors (Lipinski definition) is 3. The smallest absolute Gasteiger partial charge is 0.319 e. The largest absolute Gasteiger partial charge is 0.396 e. The minimum absolute atomic E-state index is 0.0152. The van der Waals surface area contributed by atoms with E-state index in [-0.39, 0.29) is 18.7 Å². The summed E-state index contributed by atoms with van der Waals surface area (Å²) in [6, 6.07) is 5.19. The molecule has 4 nitrogen and oxygen atoms in total. The third kappa shape index (κ3) is 4.94. The Labute approximate surface area is 112 Å². The number of amides is 2. The van der Waals surface area contributed by atoms with Crippen molar-refractivity contribution >= 4 is 23.3 Å². The summed E-state index contributed by atoms with van der Waals surface area (Å²) >= 11 is 6.02. The Balaban J connectivity index is 2.49. The van der Waals surface area contributed by atoms with Crippen LogP contribution in [-0.4, -0.2) is 23.8 Å². The van der Waals surface area contributed by atoms with Gasteiger partial charge < -0.3 is 15.7 Å². The van der Waals surface area contributed by atoms with Gasteiger partial charge in [0.05, 0.1) is 10.7 Å². The lowest BCUT2D eigenvalue weighted by Gasteiger charge is -2.14. The van der Waals surface area contributed by atoms with Crippen LogP contribution in [0.1, 0.15) is 25.3 Å². The molecule has 0 spiro atoms. The van der Waals surface area contributed by atoms with Gasteiger partial charge in [-0.1, -0.05) is 17.7 Å². The standard InChI is InChI=1S/C13H19ClN2O2/c1-9-5-6-12(11(14)8-9)16-13(18)15-10(2)4-3-7-17/h5-6,8,10,17H,3-4,7H2,1-2H3,(H2,15,16,18). The van der Waals surface area contributed by atoms with Crippen LogP contribution in [0.5, 0.6) is 0 Å². The number of carbonyl (C=O) groups is 1. The predicted molar refractivity (Wildman–Crippen MR) is 74.1 cm³/mol. The molecule has 0 aliphatic heterocycles. The molecule has 1 rings (SSSR count). The third-order valence-corrected chi connectivity index (χ3v) is 2.86. The number of aliphatic hydroxyl groups is 1. The molecule has 0 aromatic heterocycles. The first-order chi connectivity index (χ1) is 8.52. The van der Waals surface area contributed by atoms with Gasteiger partial charge in [0.25, 0.3) is 0 Å². The molecule has 1 unspecified atom stereocenters. The van der Waals surface area contributed by atoms with Crippen molar-refractivity contribution in [2.75, 3.05) is 11.9 Å². The molecule has 0 aliphatic rings. The molecule has 1 aromatic carbocycles. The van der Waals surface area contributed by atoms with Crippen molar-refractivity contribution in [1.29, 1.82) is 0 Å². The number of halogens is 1. The maximum Gasteiger partial charge on any atom is 0.319 e.